The molecule has 3 heteroatoms. The molecule has 5 rings (SSSR count). The lowest BCUT2D eigenvalue weighted by atomic mass is 9.33. The van der Waals surface area contributed by atoms with E-state index in [4.69, 9.17) is 5.73 Å². The van der Waals surface area contributed by atoms with Crippen LogP contribution in [0.3, 0.4) is 0 Å². The number of allylic oxidation sites excluding steroid dienone is 1. The van der Waals surface area contributed by atoms with Crippen LogP contribution >= 0.6 is 0 Å². The van der Waals surface area contributed by atoms with Gasteiger partial charge in [-0.05, 0) is 111 Å². The van der Waals surface area contributed by atoms with Crippen molar-refractivity contribution in [3.63, 3.8) is 0 Å². The van der Waals surface area contributed by atoms with Gasteiger partial charge in [-0.1, -0.05) is 32.9 Å². The Labute approximate surface area is 189 Å². The number of ketones is 1. The van der Waals surface area contributed by atoms with E-state index in [1.54, 1.807) is 0 Å². The van der Waals surface area contributed by atoms with Gasteiger partial charge in [-0.25, -0.2) is 0 Å². The number of Topliss-reactive ketones (excluding diaryl/α,β-unsaturated/α-hetero) is 1. The van der Waals surface area contributed by atoms with Crippen molar-refractivity contribution in [2.45, 2.75) is 98.3 Å². The molecule has 0 heterocycles. The van der Waals surface area contributed by atoms with Crippen LogP contribution in [0.25, 0.3) is 0 Å². The molecule has 0 radical (unpaired) electrons. The highest BCUT2D eigenvalue weighted by Gasteiger charge is 2.70. The highest BCUT2D eigenvalue weighted by Crippen LogP contribution is 2.76. The number of primary amides is 1. The molecule has 0 aromatic rings. The molecular formula is C28H43NO2. The molecule has 5 fully saturated rings. The molecular weight excluding hydrogens is 382 g/mol. The summed E-state index contributed by atoms with van der Waals surface area (Å²) in [5, 5.41) is 0. The minimum atomic E-state index is -0.310. The van der Waals surface area contributed by atoms with E-state index < -0.39 is 0 Å². The van der Waals surface area contributed by atoms with Crippen LogP contribution in [-0.4, -0.2) is 11.7 Å². The molecule has 5 saturated carbocycles. The summed E-state index contributed by atoms with van der Waals surface area (Å²) in [7, 11) is 0. The van der Waals surface area contributed by atoms with Crippen LogP contribution < -0.4 is 5.73 Å². The SMILES string of the molecule is C=C(C)[C@@H]1CC[C@]2(C(N)=O)CC[C@]3(C)[C@H](CC[C@H]4[C@@]5(C)CCC(=O)C[C@H]5CC[C@@]43C)[C@@H]12. The molecule has 0 spiro atoms. The van der Waals surface area contributed by atoms with Crippen molar-refractivity contribution in [2.75, 3.05) is 0 Å². The normalized spacial score (nSPS) is 53.7. The largest absolute Gasteiger partial charge is 0.369 e. The molecule has 0 saturated heterocycles. The molecule has 5 aliphatic carbocycles. The van der Waals surface area contributed by atoms with Crippen molar-refractivity contribution in [1.82, 2.24) is 0 Å². The molecule has 5 aliphatic rings. The summed E-state index contributed by atoms with van der Waals surface area (Å²) in [6.45, 7) is 14.2. The van der Waals surface area contributed by atoms with E-state index in [1.165, 1.54) is 31.3 Å². The molecule has 2 N–H and O–H groups in total. The van der Waals surface area contributed by atoms with Crippen LogP contribution in [0.2, 0.25) is 0 Å². The lowest BCUT2D eigenvalue weighted by molar-refractivity contribution is -0.221. The van der Waals surface area contributed by atoms with Crippen molar-refractivity contribution >= 4 is 11.7 Å². The summed E-state index contributed by atoms with van der Waals surface area (Å²) in [6.07, 6.45) is 11.7. The van der Waals surface area contributed by atoms with Crippen LogP contribution in [0.4, 0.5) is 0 Å². The van der Waals surface area contributed by atoms with Crippen LogP contribution in [0.15, 0.2) is 12.2 Å². The number of fused-ring (bicyclic) bond motifs is 7. The first-order chi connectivity index (χ1) is 14.5. The van der Waals surface area contributed by atoms with Gasteiger partial charge in [0, 0.05) is 12.8 Å². The van der Waals surface area contributed by atoms with E-state index in [0.29, 0.717) is 40.8 Å². The smallest absolute Gasteiger partial charge is 0.223 e. The van der Waals surface area contributed by atoms with Gasteiger partial charge in [-0.3, -0.25) is 9.59 Å². The highest BCUT2D eigenvalue weighted by molar-refractivity contribution is 5.82. The van der Waals surface area contributed by atoms with Gasteiger partial charge in [0.1, 0.15) is 5.78 Å². The van der Waals surface area contributed by atoms with E-state index in [2.05, 4.69) is 34.3 Å². The second kappa shape index (κ2) is 6.70. The van der Waals surface area contributed by atoms with Gasteiger partial charge in [0.25, 0.3) is 0 Å². The number of hydrogen-bond donors (Lipinski definition) is 1. The third kappa shape index (κ3) is 2.58. The van der Waals surface area contributed by atoms with Gasteiger partial charge >= 0.3 is 0 Å². The number of nitrogens with two attached hydrogens (primary N) is 1. The van der Waals surface area contributed by atoms with Crippen LogP contribution in [0.1, 0.15) is 98.3 Å². The third-order valence-corrected chi connectivity index (χ3v) is 12.4. The van der Waals surface area contributed by atoms with E-state index >= 15 is 0 Å². The Bertz CT molecular complexity index is 833. The third-order valence-electron chi connectivity index (χ3n) is 12.4. The van der Waals surface area contributed by atoms with Gasteiger partial charge < -0.3 is 5.73 Å². The van der Waals surface area contributed by atoms with Crippen molar-refractivity contribution in [3.05, 3.63) is 12.2 Å². The summed E-state index contributed by atoms with van der Waals surface area (Å²) in [6, 6.07) is 0. The van der Waals surface area contributed by atoms with Crippen LogP contribution in [0.5, 0.6) is 0 Å². The average Bonchev–Trinajstić information content (AvgIpc) is 3.11. The maximum Gasteiger partial charge on any atom is 0.223 e. The Hall–Kier alpha value is -1.12. The molecule has 0 aliphatic heterocycles. The fraction of sp³-hybridized carbons (Fsp3) is 0.857. The molecule has 172 valence electrons. The predicted octanol–water partition coefficient (Wildman–Crippen LogP) is 6.06. The number of hydrogen-bond acceptors (Lipinski definition) is 2. The van der Waals surface area contributed by atoms with Gasteiger partial charge in [0.2, 0.25) is 5.91 Å². The van der Waals surface area contributed by atoms with E-state index in [-0.39, 0.29) is 22.2 Å². The zero-order chi connectivity index (χ0) is 22.4. The van der Waals surface area contributed by atoms with Gasteiger partial charge in [0.15, 0.2) is 0 Å². The monoisotopic (exact) mass is 425 g/mol. The lowest BCUT2D eigenvalue weighted by Crippen LogP contribution is -2.65. The molecule has 1 amide bonds. The average molecular weight is 426 g/mol. The zero-order valence-electron chi connectivity index (χ0n) is 20.3. The van der Waals surface area contributed by atoms with Crippen molar-refractivity contribution in [2.24, 2.45) is 57.0 Å². The Morgan fingerprint density at radius 3 is 2.39 bits per heavy atom. The summed E-state index contributed by atoms with van der Waals surface area (Å²) in [5.74, 6) is 3.09. The fourth-order valence-corrected chi connectivity index (χ4v) is 10.5. The fourth-order valence-electron chi connectivity index (χ4n) is 10.5. The van der Waals surface area contributed by atoms with Gasteiger partial charge in [0.05, 0.1) is 5.41 Å². The number of amides is 1. The standard InChI is InChI=1S/C28H43NO2/c1-17(2)20-10-13-28(24(29)31)15-14-26(4)21(23(20)28)6-7-22-25(3)11-9-19(30)16-18(25)8-12-27(22,26)5/h18,20-23H,1,6-16H2,2-5H3,(H2,29,31)/t18-,20+,21-,22+,23-,25+,26-,27+,28+/m1/s1. The first-order valence-corrected chi connectivity index (χ1v) is 13.0. The summed E-state index contributed by atoms with van der Waals surface area (Å²) >= 11 is 0. The van der Waals surface area contributed by atoms with E-state index in [0.717, 1.165) is 44.9 Å². The quantitative estimate of drug-likeness (QED) is 0.546. The Kier molecular flexibility index (Phi) is 4.69. The Morgan fingerprint density at radius 1 is 0.968 bits per heavy atom. The van der Waals surface area contributed by atoms with Crippen molar-refractivity contribution in [3.8, 4) is 0 Å². The number of carbonyl (C=O) groups is 2. The van der Waals surface area contributed by atoms with Gasteiger partial charge in [-0.15, -0.1) is 0 Å². The summed E-state index contributed by atoms with van der Waals surface area (Å²) in [4.78, 5) is 25.2. The Balaban J connectivity index is 1.56. The minimum Gasteiger partial charge on any atom is -0.369 e. The minimum absolute atomic E-state index is 0.0444. The molecule has 3 nitrogen and oxygen atoms in total. The van der Waals surface area contributed by atoms with Crippen molar-refractivity contribution in [1.29, 1.82) is 0 Å². The Morgan fingerprint density at radius 2 is 1.71 bits per heavy atom. The molecule has 0 aromatic carbocycles. The van der Waals surface area contributed by atoms with E-state index in [9.17, 15) is 9.59 Å². The molecule has 0 bridgehead atoms. The number of carbonyl (C=O) groups excluding carboxylic acids is 2. The zero-order valence-corrected chi connectivity index (χ0v) is 20.3. The topological polar surface area (TPSA) is 60.2 Å². The number of rotatable bonds is 2. The predicted molar refractivity (Wildman–Crippen MR) is 124 cm³/mol. The maximum atomic E-state index is 12.9. The molecule has 0 unspecified atom stereocenters. The summed E-state index contributed by atoms with van der Waals surface area (Å²) < 4.78 is 0. The first-order valence-electron chi connectivity index (χ1n) is 13.0. The molecule has 9 atom stereocenters. The summed E-state index contributed by atoms with van der Waals surface area (Å²) in [5.41, 5.74) is 7.93. The lowest BCUT2D eigenvalue weighted by Gasteiger charge is -2.71. The van der Waals surface area contributed by atoms with Crippen LogP contribution in [0, 0.1) is 51.2 Å². The second-order valence-corrected chi connectivity index (χ2v) is 13.1. The van der Waals surface area contributed by atoms with Gasteiger partial charge in [-0.2, -0.15) is 0 Å². The van der Waals surface area contributed by atoms with Crippen molar-refractivity contribution < 1.29 is 9.59 Å². The molecule has 31 heavy (non-hydrogen) atoms. The molecule has 0 aromatic heterocycles. The van der Waals surface area contributed by atoms with E-state index in [1.807, 2.05) is 0 Å². The second-order valence-electron chi connectivity index (χ2n) is 13.1. The van der Waals surface area contributed by atoms with Crippen LogP contribution in [-0.2, 0) is 9.59 Å². The first kappa shape index (κ1) is 21.7. The highest BCUT2D eigenvalue weighted by atomic mass is 16.1. The maximum absolute atomic E-state index is 12.9.